The fourth-order valence-corrected chi connectivity index (χ4v) is 2.45. The van der Waals surface area contributed by atoms with Crippen molar-refractivity contribution in [2.24, 2.45) is 5.92 Å². The minimum absolute atomic E-state index is 0.177. The Bertz CT molecular complexity index is 246. The molecule has 4 nitrogen and oxygen atoms in total. The van der Waals surface area contributed by atoms with Crippen LogP contribution in [0.4, 0.5) is 0 Å². The summed E-state index contributed by atoms with van der Waals surface area (Å²) in [4.78, 5) is 0. The van der Waals surface area contributed by atoms with Gasteiger partial charge in [0.1, 0.15) is 0 Å². The van der Waals surface area contributed by atoms with Crippen molar-refractivity contribution in [1.29, 1.82) is 0 Å². The minimum Gasteiger partial charge on any atom is -0.315 e. The summed E-state index contributed by atoms with van der Waals surface area (Å²) in [5.74, 6) is 0.947. The van der Waals surface area contributed by atoms with Gasteiger partial charge >= 0.3 is 0 Å². The Kier molecular flexibility index (Phi) is 4.84. The number of nitrogens with one attached hydrogen (secondary N) is 2. The highest BCUT2D eigenvalue weighted by Crippen LogP contribution is 2.23. The highest BCUT2D eigenvalue weighted by atomic mass is 32.2. The van der Waals surface area contributed by atoms with E-state index < -0.39 is 10.0 Å². The molecule has 0 heterocycles. The molecule has 1 rings (SSSR count). The molecular weight excluding hydrogens is 200 g/mol. The SMILES string of the molecule is CNS(=O)(=O)CCNCC1CCCC1. The lowest BCUT2D eigenvalue weighted by atomic mass is 10.1. The van der Waals surface area contributed by atoms with E-state index in [4.69, 9.17) is 0 Å². The van der Waals surface area contributed by atoms with Gasteiger partial charge in [-0.3, -0.25) is 0 Å². The summed E-state index contributed by atoms with van der Waals surface area (Å²) < 4.78 is 24.4. The molecule has 1 aliphatic carbocycles. The van der Waals surface area contributed by atoms with E-state index in [1.165, 1.54) is 32.7 Å². The molecule has 0 saturated heterocycles. The van der Waals surface area contributed by atoms with Gasteiger partial charge in [-0.2, -0.15) is 0 Å². The molecule has 0 bridgehead atoms. The van der Waals surface area contributed by atoms with Crippen LogP contribution in [0.15, 0.2) is 0 Å². The Morgan fingerprint density at radius 2 is 1.93 bits per heavy atom. The van der Waals surface area contributed by atoms with E-state index in [0.717, 1.165) is 12.5 Å². The van der Waals surface area contributed by atoms with Crippen LogP contribution >= 0.6 is 0 Å². The predicted molar refractivity (Wildman–Crippen MR) is 57.7 cm³/mol. The van der Waals surface area contributed by atoms with Crippen LogP contribution in [-0.4, -0.2) is 34.3 Å². The van der Waals surface area contributed by atoms with Gasteiger partial charge in [0.15, 0.2) is 0 Å². The summed E-state index contributed by atoms with van der Waals surface area (Å²) in [7, 11) is -1.58. The number of hydrogen-bond donors (Lipinski definition) is 2. The van der Waals surface area contributed by atoms with Gasteiger partial charge in [0.25, 0.3) is 0 Å². The molecule has 1 fully saturated rings. The van der Waals surface area contributed by atoms with Crippen LogP contribution in [0.3, 0.4) is 0 Å². The average molecular weight is 220 g/mol. The molecule has 14 heavy (non-hydrogen) atoms. The summed E-state index contributed by atoms with van der Waals surface area (Å²) in [6, 6.07) is 0. The monoisotopic (exact) mass is 220 g/mol. The van der Waals surface area contributed by atoms with Crippen LogP contribution in [0.25, 0.3) is 0 Å². The maximum atomic E-state index is 11.0. The van der Waals surface area contributed by atoms with Crippen molar-refractivity contribution in [3.63, 3.8) is 0 Å². The largest absolute Gasteiger partial charge is 0.315 e. The third kappa shape index (κ3) is 4.39. The van der Waals surface area contributed by atoms with Gasteiger partial charge in [-0.25, -0.2) is 13.1 Å². The van der Waals surface area contributed by atoms with Crippen molar-refractivity contribution in [3.05, 3.63) is 0 Å². The zero-order valence-corrected chi connectivity index (χ0v) is 9.57. The molecule has 0 amide bonds. The Labute approximate surface area is 86.5 Å². The molecule has 0 aromatic heterocycles. The fourth-order valence-electron chi connectivity index (χ4n) is 1.83. The third-order valence-electron chi connectivity index (χ3n) is 2.77. The summed E-state index contributed by atoms with van der Waals surface area (Å²) in [6.07, 6.45) is 5.26. The highest BCUT2D eigenvalue weighted by molar-refractivity contribution is 7.89. The standard InChI is InChI=1S/C9H20N2O2S/c1-10-14(12,13)7-6-11-8-9-4-2-3-5-9/h9-11H,2-8H2,1H3. The molecule has 2 N–H and O–H groups in total. The maximum absolute atomic E-state index is 11.0. The smallest absolute Gasteiger partial charge is 0.212 e. The molecule has 0 aliphatic heterocycles. The zero-order chi connectivity index (χ0) is 10.4. The second kappa shape index (κ2) is 5.68. The van der Waals surface area contributed by atoms with Crippen molar-refractivity contribution < 1.29 is 8.42 Å². The minimum atomic E-state index is -3.03. The van der Waals surface area contributed by atoms with E-state index in [1.807, 2.05) is 0 Å². The Morgan fingerprint density at radius 3 is 2.50 bits per heavy atom. The first-order chi connectivity index (χ1) is 6.64. The van der Waals surface area contributed by atoms with Crippen LogP contribution in [0.5, 0.6) is 0 Å². The van der Waals surface area contributed by atoms with Gasteiger partial charge < -0.3 is 5.32 Å². The first-order valence-electron chi connectivity index (χ1n) is 5.26. The highest BCUT2D eigenvalue weighted by Gasteiger charge is 2.14. The molecule has 0 radical (unpaired) electrons. The quantitative estimate of drug-likeness (QED) is 0.634. The lowest BCUT2D eigenvalue weighted by Gasteiger charge is -2.10. The summed E-state index contributed by atoms with van der Waals surface area (Å²) >= 11 is 0. The van der Waals surface area contributed by atoms with Crippen molar-refractivity contribution in [2.45, 2.75) is 25.7 Å². The predicted octanol–water partition coefficient (Wildman–Crippen LogP) is 0.315. The molecule has 5 heteroatoms. The normalized spacial score (nSPS) is 18.9. The molecule has 1 aliphatic rings. The Balaban J connectivity index is 2.04. The molecule has 0 aromatic rings. The van der Waals surface area contributed by atoms with Crippen LogP contribution in [-0.2, 0) is 10.0 Å². The van der Waals surface area contributed by atoms with Crippen molar-refractivity contribution in [3.8, 4) is 0 Å². The maximum Gasteiger partial charge on any atom is 0.212 e. The molecule has 0 aromatic carbocycles. The van der Waals surface area contributed by atoms with E-state index in [2.05, 4.69) is 10.0 Å². The Morgan fingerprint density at radius 1 is 1.29 bits per heavy atom. The molecule has 84 valence electrons. The first-order valence-corrected chi connectivity index (χ1v) is 6.91. The number of rotatable bonds is 6. The number of sulfonamides is 1. The topological polar surface area (TPSA) is 58.2 Å². The van der Waals surface area contributed by atoms with E-state index in [-0.39, 0.29) is 5.75 Å². The summed E-state index contributed by atoms with van der Waals surface area (Å²) in [5.41, 5.74) is 0. The molecule has 1 saturated carbocycles. The van der Waals surface area contributed by atoms with Crippen LogP contribution in [0.2, 0.25) is 0 Å². The van der Waals surface area contributed by atoms with Crippen LogP contribution < -0.4 is 10.0 Å². The third-order valence-corrected chi connectivity index (χ3v) is 4.13. The van der Waals surface area contributed by atoms with E-state index in [9.17, 15) is 8.42 Å². The zero-order valence-electron chi connectivity index (χ0n) is 8.75. The average Bonchev–Trinajstić information content (AvgIpc) is 2.65. The first kappa shape index (κ1) is 11.9. The van der Waals surface area contributed by atoms with Crippen LogP contribution in [0.1, 0.15) is 25.7 Å². The number of hydrogen-bond acceptors (Lipinski definition) is 3. The van der Waals surface area contributed by atoms with Gasteiger partial charge in [-0.05, 0) is 32.4 Å². The fraction of sp³-hybridized carbons (Fsp3) is 1.00. The van der Waals surface area contributed by atoms with E-state index in [1.54, 1.807) is 0 Å². The van der Waals surface area contributed by atoms with Crippen molar-refractivity contribution in [2.75, 3.05) is 25.9 Å². The second-order valence-corrected chi connectivity index (χ2v) is 5.92. The van der Waals surface area contributed by atoms with Gasteiger partial charge in [-0.1, -0.05) is 12.8 Å². The van der Waals surface area contributed by atoms with Crippen LogP contribution in [0, 0.1) is 5.92 Å². The second-order valence-electron chi connectivity index (χ2n) is 3.88. The Hall–Kier alpha value is -0.130. The molecule has 0 atom stereocenters. The summed E-state index contributed by atoms with van der Waals surface area (Å²) in [6.45, 7) is 1.53. The van der Waals surface area contributed by atoms with Gasteiger partial charge in [0.2, 0.25) is 10.0 Å². The van der Waals surface area contributed by atoms with Gasteiger partial charge in [0, 0.05) is 6.54 Å². The van der Waals surface area contributed by atoms with Crippen molar-refractivity contribution >= 4 is 10.0 Å². The molecule has 0 spiro atoms. The molecular formula is C9H20N2O2S. The summed E-state index contributed by atoms with van der Waals surface area (Å²) in [5, 5.41) is 3.20. The van der Waals surface area contributed by atoms with E-state index >= 15 is 0 Å². The van der Waals surface area contributed by atoms with E-state index in [0.29, 0.717) is 6.54 Å². The lowest BCUT2D eigenvalue weighted by molar-refractivity contribution is 0.497. The molecule has 0 unspecified atom stereocenters. The van der Waals surface area contributed by atoms with Crippen molar-refractivity contribution in [1.82, 2.24) is 10.0 Å². The lowest BCUT2D eigenvalue weighted by Crippen LogP contribution is -2.31. The van der Waals surface area contributed by atoms with Gasteiger partial charge in [-0.15, -0.1) is 0 Å². The van der Waals surface area contributed by atoms with Gasteiger partial charge in [0.05, 0.1) is 5.75 Å².